The van der Waals surface area contributed by atoms with Gasteiger partial charge >= 0.3 is 6.18 Å². The van der Waals surface area contributed by atoms with Gasteiger partial charge in [-0.1, -0.05) is 54.6 Å². The highest BCUT2D eigenvalue weighted by Gasteiger charge is 2.36. The van der Waals surface area contributed by atoms with Gasteiger partial charge in [-0.05, 0) is 119 Å². The van der Waals surface area contributed by atoms with E-state index in [1.807, 2.05) is 95.6 Å². The highest BCUT2D eigenvalue weighted by molar-refractivity contribution is 6.12. The number of alkyl halides is 3. The average molecular weight is 855 g/mol. The molecule has 306 valence electrons. The lowest BCUT2D eigenvalue weighted by Gasteiger charge is -2.22. The van der Waals surface area contributed by atoms with Crippen molar-refractivity contribution in [3.63, 3.8) is 0 Å². The second kappa shape index (κ2) is 15.5. The summed E-state index contributed by atoms with van der Waals surface area (Å²) in [6.07, 6.45) is -4.89. The van der Waals surface area contributed by atoms with Crippen LogP contribution in [-0.2, 0) is 6.18 Å². The lowest BCUT2D eigenvalue weighted by molar-refractivity contribution is -0.137. The molecule has 0 aliphatic heterocycles. The predicted octanol–water partition coefficient (Wildman–Crippen LogP) is 13.1. The largest absolute Gasteiger partial charge is 0.417 e. The van der Waals surface area contributed by atoms with Gasteiger partial charge in [0.2, 0.25) is 0 Å². The Morgan fingerprint density at radius 2 is 0.818 bits per heavy atom. The monoisotopic (exact) mass is 854 g/mol. The van der Waals surface area contributed by atoms with Gasteiger partial charge in [-0.3, -0.25) is 0 Å². The van der Waals surface area contributed by atoms with E-state index in [9.17, 15) is 31.6 Å². The zero-order chi connectivity index (χ0) is 45.9. The summed E-state index contributed by atoms with van der Waals surface area (Å²) in [5, 5.41) is 63.4. The van der Waals surface area contributed by atoms with E-state index in [2.05, 4.69) is 30.3 Å². The first kappa shape index (κ1) is 40.2. The number of nitriles is 6. The van der Waals surface area contributed by atoms with Crippen LogP contribution in [0.2, 0.25) is 0 Å². The topological polar surface area (TPSA) is 153 Å². The van der Waals surface area contributed by atoms with Gasteiger partial charge in [0.15, 0.2) is 0 Å². The van der Waals surface area contributed by atoms with E-state index >= 15 is 13.2 Å². The molecule has 0 aliphatic carbocycles. The van der Waals surface area contributed by atoms with Gasteiger partial charge in [0.1, 0.15) is 6.07 Å². The third-order valence-electron chi connectivity index (χ3n) is 11.9. The highest BCUT2D eigenvalue weighted by Crippen LogP contribution is 2.46. The molecule has 0 bridgehead atoms. The maximum absolute atomic E-state index is 15.3. The molecular weight excluding hydrogens is 830 g/mol. The molecule has 0 spiro atoms. The summed E-state index contributed by atoms with van der Waals surface area (Å²) in [5.41, 5.74) is 5.43. The van der Waals surface area contributed by atoms with E-state index in [0.29, 0.717) is 72.0 Å². The number of benzene rings is 8. The minimum Gasteiger partial charge on any atom is -0.309 e. The van der Waals surface area contributed by atoms with Gasteiger partial charge in [-0.2, -0.15) is 44.7 Å². The standard InChI is InChI=1S/C55H25F3N8/c56-55(57,58)47-9-5-6-38(30-63)54(47)46-25-52(65-48-10-3-1-7-42(48)44-22-36(12-14-50(44)65)39-18-32(26-59)16-33(19-39)27-60)41(31-64)24-53(46)66-49-11-4-2-8-43(49)45-23-37(13-15-51(45)66)40-20-34(28-61)17-35(21-40)29-62/h1-25H. The van der Waals surface area contributed by atoms with Crippen molar-refractivity contribution < 1.29 is 13.2 Å². The molecule has 2 aromatic heterocycles. The SMILES string of the molecule is N#Cc1cc(C#N)cc(-c2ccc3c(c2)c2ccccc2n3-c2cc(-c3c(C#N)cccc3C(F)(F)F)c(-n3c4ccccc4c4cc(-c5cc(C#N)cc(C#N)c5)ccc43)cc2C#N)c1. The fourth-order valence-corrected chi connectivity index (χ4v) is 9.08. The van der Waals surface area contributed by atoms with Crippen molar-refractivity contribution in [2.45, 2.75) is 6.18 Å². The van der Waals surface area contributed by atoms with Crippen LogP contribution >= 0.6 is 0 Å². The maximum Gasteiger partial charge on any atom is 0.417 e. The molecule has 0 saturated heterocycles. The fourth-order valence-electron chi connectivity index (χ4n) is 9.08. The molecule has 11 heteroatoms. The summed E-state index contributed by atoms with van der Waals surface area (Å²) in [7, 11) is 0. The van der Waals surface area contributed by atoms with Crippen molar-refractivity contribution in [3.8, 4) is 81.2 Å². The molecular formula is C55H25F3N8. The fraction of sp³-hybridized carbons (Fsp3) is 0.0182. The van der Waals surface area contributed by atoms with E-state index in [1.165, 1.54) is 24.3 Å². The number of para-hydroxylation sites is 2. The number of rotatable bonds is 5. The van der Waals surface area contributed by atoms with Gasteiger partial charge < -0.3 is 9.13 Å². The first-order chi connectivity index (χ1) is 32.1. The quantitative estimate of drug-likeness (QED) is 0.168. The van der Waals surface area contributed by atoms with Gasteiger partial charge in [-0.15, -0.1) is 0 Å². The molecule has 10 rings (SSSR count). The van der Waals surface area contributed by atoms with Gasteiger partial charge in [-0.25, -0.2) is 0 Å². The third-order valence-corrected chi connectivity index (χ3v) is 11.9. The molecule has 0 aliphatic rings. The summed E-state index contributed by atoms with van der Waals surface area (Å²) in [6.45, 7) is 0. The van der Waals surface area contributed by atoms with Crippen LogP contribution in [0, 0.1) is 68.0 Å². The van der Waals surface area contributed by atoms with Crippen LogP contribution in [0.1, 0.15) is 38.9 Å². The Bertz CT molecular complexity index is 3950. The smallest absolute Gasteiger partial charge is 0.309 e. The Morgan fingerprint density at radius 1 is 0.364 bits per heavy atom. The molecule has 0 N–H and O–H groups in total. The van der Waals surface area contributed by atoms with Crippen molar-refractivity contribution >= 4 is 43.6 Å². The number of hydrogen-bond acceptors (Lipinski definition) is 6. The number of aromatic nitrogens is 2. The van der Waals surface area contributed by atoms with E-state index in [0.717, 1.165) is 22.2 Å². The first-order valence-electron chi connectivity index (χ1n) is 20.2. The molecule has 0 radical (unpaired) electrons. The summed E-state index contributed by atoms with van der Waals surface area (Å²) in [6, 6.07) is 55.1. The van der Waals surface area contributed by atoms with Gasteiger partial charge in [0.05, 0.1) is 103 Å². The molecule has 10 aromatic rings. The summed E-state index contributed by atoms with van der Waals surface area (Å²) < 4.78 is 49.5. The lowest BCUT2D eigenvalue weighted by atomic mass is 9.91. The molecule has 0 saturated carbocycles. The molecule has 8 aromatic carbocycles. The van der Waals surface area contributed by atoms with Crippen LogP contribution in [0.3, 0.4) is 0 Å². The maximum atomic E-state index is 15.3. The van der Waals surface area contributed by atoms with Crippen molar-refractivity contribution in [2.24, 2.45) is 0 Å². The van der Waals surface area contributed by atoms with Crippen LogP contribution < -0.4 is 0 Å². The van der Waals surface area contributed by atoms with Gasteiger partial charge in [0.25, 0.3) is 0 Å². The van der Waals surface area contributed by atoms with Crippen molar-refractivity contribution in [3.05, 3.63) is 191 Å². The van der Waals surface area contributed by atoms with E-state index in [-0.39, 0.29) is 33.6 Å². The predicted molar refractivity (Wildman–Crippen MR) is 245 cm³/mol. The summed E-state index contributed by atoms with van der Waals surface area (Å²) >= 11 is 0. The van der Waals surface area contributed by atoms with Crippen LogP contribution in [0.5, 0.6) is 0 Å². The molecule has 8 nitrogen and oxygen atoms in total. The number of hydrogen-bond donors (Lipinski definition) is 0. The number of nitrogens with zero attached hydrogens (tertiary/aromatic N) is 8. The molecule has 66 heavy (non-hydrogen) atoms. The van der Waals surface area contributed by atoms with Crippen molar-refractivity contribution in [1.82, 2.24) is 9.13 Å². The highest BCUT2D eigenvalue weighted by atomic mass is 19.4. The minimum absolute atomic E-state index is 0.0421. The van der Waals surface area contributed by atoms with Crippen LogP contribution in [-0.4, -0.2) is 9.13 Å². The first-order valence-corrected chi connectivity index (χ1v) is 20.2. The van der Waals surface area contributed by atoms with Gasteiger partial charge in [0, 0.05) is 32.7 Å². The average Bonchev–Trinajstić information content (AvgIpc) is 3.87. The second-order valence-electron chi connectivity index (χ2n) is 15.6. The van der Waals surface area contributed by atoms with E-state index in [4.69, 9.17) is 0 Å². The Labute approximate surface area is 374 Å². The minimum atomic E-state index is -4.89. The molecule has 0 unspecified atom stereocenters. The Hall–Kier alpha value is -9.91. The molecule has 0 amide bonds. The van der Waals surface area contributed by atoms with Crippen LogP contribution in [0.15, 0.2) is 152 Å². The normalized spacial score (nSPS) is 11.2. The van der Waals surface area contributed by atoms with E-state index in [1.54, 1.807) is 41.0 Å². The third kappa shape index (κ3) is 6.42. The second-order valence-corrected chi connectivity index (χ2v) is 15.6. The molecule has 0 atom stereocenters. The lowest BCUT2D eigenvalue weighted by Crippen LogP contribution is -2.11. The zero-order valence-corrected chi connectivity index (χ0v) is 34.1. The number of fused-ring (bicyclic) bond motifs is 6. The van der Waals surface area contributed by atoms with E-state index < -0.39 is 11.7 Å². The van der Waals surface area contributed by atoms with Crippen molar-refractivity contribution in [1.29, 1.82) is 31.6 Å². The Kier molecular flexibility index (Phi) is 9.41. The number of halogens is 3. The summed E-state index contributed by atoms with van der Waals surface area (Å²) in [5.74, 6) is 0. The van der Waals surface area contributed by atoms with Crippen molar-refractivity contribution in [2.75, 3.05) is 0 Å². The zero-order valence-electron chi connectivity index (χ0n) is 34.1. The molecule has 2 heterocycles. The molecule has 0 fully saturated rings. The Balaban J connectivity index is 1.30. The van der Waals surface area contributed by atoms with Crippen LogP contribution in [0.25, 0.3) is 88.4 Å². The summed E-state index contributed by atoms with van der Waals surface area (Å²) in [4.78, 5) is 0. The van der Waals surface area contributed by atoms with Crippen LogP contribution in [0.4, 0.5) is 13.2 Å². The Morgan fingerprint density at radius 3 is 1.27 bits per heavy atom.